The van der Waals surface area contributed by atoms with Crippen LogP contribution in [0.15, 0.2) is 72.8 Å². The SMILES string of the molecule is CC(C)Oc1ccc(-c2ccc(C(C)C)cc2)cc1.CC(C)Oc1ccc(C(C)C)cc1. The molecule has 0 amide bonds. The Morgan fingerprint density at radius 2 is 0.688 bits per heavy atom. The number of ether oxygens (including phenoxy) is 2. The summed E-state index contributed by atoms with van der Waals surface area (Å²) in [5.74, 6) is 3.06. The van der Waals surface area contributed by atoms with Crippen molar-refractivity contribution in [3.8, 4) is 22.6 Å². The molecule has 0 aromatic heterocycles. The van der Waals surface area contributed by atoms with Gasteiger partial charge in [-0.1, -0.05) is 76.2 Å². The summed E-state index contributed by atoms with van der Waals surface area (Å²) >= 11 is 0. The minimum Gasteiger partial charge on any atom is -0.491 e. The van der Waals surface area contributed by atoms with Gasteiger partial charge in [0.1, 0.15) is 11.5 Å². The van der Waals surface area contributed by atoms with Gasteiger partial charge in [-0.25, -0.2) is 0 Å². The van der Waals surface area contributed by atoms with Crippen molar-refractivity contribution in [2.75, 3.05) is 0 Å². The third-order valence-electron chi connectivity index (χ3n) is 5.06. The van der Waals surface area contributed by atoms with Crippen molar-refractivity contribution < 1.29 is 9.47 Å². The molecular formula is C30H40O2. The van der Waals surface area contributed by atoms with Crippen LogP contribution in [0.2, 0.25) is 0 Å². The Kier molecular flexibility index (Phi) is 9.84. The van der Waals surface area contributed by atoms with Crippen molar-refractivity contribution in [1.29, 1.82) is 0 Å². The second-order valence-corrected chi connectivity index (χ2v) is 9.36. The maximum Gasteiger partial charge on any atom is 0.119 e. The fourth-order valence-electron chi connectivity index (χ4n) is 3.26. The molecule has 0 bridgehead atoms. The fraction of sp³-hybridized carbons (Fsp3) is 0.400. The van der Waals surface area contributed by atoms with Gasteiger partial charge in [-0.15, -0.1) is 0 Å². The number of benzene rings is 3. The van der Waals surface area contributed by atoms with E-state index in [0.29, 0.717) is 11.8 Å². The van der Waals surface area contributed by atoms with E-state index >= 15 is 0 Å². The average Bonchev–Trinajstić information content (AvgIpc) is 2.74. The van der Waals surface area contributed by atoms with Crippen molar-refractivity contribution in [3.63, 3.8) is 0 Å². The molecule has 3 rings (SSSR count). The predicted molar refractivity (Wildman–Crippen MR) is 138 cm³/mol. The number of hydrogen-bond donors (Lipinski definition) is 0. The Balaban J connectivity index is 0.000000244. The summed E-state index contributed by atoms with van der Waals surface area (Å²) in [4.78, 5) is 0. The maximum absolute atomic E-state index is 5.66. The van der Waals surface area contributed by atoms with Crippen molar-refractivity contribution in [1.82, 2.24) is 0 Å². The van der Waals surface area contributed by atoms with Crippen LogP contribution in [0.25, 0.3) is 11.1 Å². The van der Waals surface area contributed by atoms with Gasteiger partial charge in [-0.3, -0.25) is 0 Å². The van der Waals surface area contributed by atoms with Crippen LogP contribution < -0.4 is 9.47 Å². The molecule has 0 atom stereocenters. The highest BCUT2D eigenvalue weighted by molar-refractivity contribution is 5.64. The van der Waals surface area contributed by atoms with Gasteiger partial charge in [0.2, 0.25) is 0 Å². The van der Waals surface area contributed by atoms with Crippen molar-refractivity contribution >= 4 is 0 Å². The summed E-state index contributed by atoms with van der Waals surface area (Å²) in [6.07, 6.45) is 0.473. The molecule has 172 valence electrons. The standard InChI is InChI=1S/C18H22O.C12H18O/c1-13(2)15-5-7-16(8-6-15)17-9-11-18(12-10-17)19-14(3)4;1-9(2)11-5-7-12(8-6-11)13-10(3)4/h5-14H,1-4H3;5-10H,1-4H3. The molecule has 0 heterocycles. The molecule has 0 N–H and O–H groups in total. The quantitative estimate of drug-likeness (QED) is 0.371. The Labute approximate surface area is 195 Å². The number of rotatable bonds is 7. The molecule has 0 saturated carbocycles. The third kappa shape index (κ3) is 8.42. The van der Waals surface area contributed by atoms with E-state index in [0.717, 1.165) is 11.5 Å². The lowest BCUT2D eigenvalue weighted by atomic mass is 9.99. The molecule has 0 aliphatic heterocycles. The lowest BCUT2D eigenvalue weighted by Gasteiger charge is -2.11. The van der Waals surface area contributed by atoms with E-state index in [1.165, 1.54) is 22.3 Å². The predicted octanol–water partition coefficient (Wildman–Crippen LogP) is 8.86. The maximum atomic E-state index is 5.66. The van der Waals surface area contributed by atoms with Crippen LogP contribution in [0.5, 0.6) is 11.5 Å². The lowest BCUT2D eigenvalue weighted by molar-refractivity contribution is 0.242. The van der Waals surface area contributed by atoms with Crippen LogP contribution in [0.3, 0.4) is 0 Å². The highest BCUT2D eigenvalue weighted by Gasteiger charge is 2.03. The van der Waals surface area contributed by atoms with Gasteiger partial charge in [0.25, 0.3) is 0 Å². The first-order valence-electron chi connectivity index (χ1n) is 11.8. The molecule has 0 aliphatic rings. The Morgan fingerprint density at radius 3 is 1.00 bits per heavy atom. The molecule has 32 heavy (non-hydrogen) atoms. The van der Waals surface area contributed by atoms with Gasteiger partial charge < -0.3 is 9.47 Å². The van der Waals surface area contributed by atoms with Gasteiger partial charge in [0, 0.05) is 0 Å². The van der Waals surface area contributed by atoms with Gasteiger partial charge in [0.05, 0.1) is 12.2 Å². The van der Waals surface area contributed by atoms with Crippen LogP contribution in [-0.2, 0) is 0 Å². The van der Waals surface area contributed by atoms with Gasteiger partial charge in [-0.2, -0.15) is 0 Å². The highest BCUT2D eigenvalue weighted by Crippen LogP contribution is 2.25. The average molecular weight is 433 g/mol. The van der Waals surface area contributed by atoms with E-state index in [1.807, 2.05) is 52.0 Å². The third-order valence-corrected chi connectivity index (χ3v) is 5.06. The zero-order valence-corrected chi connectivity index (χ0v) is 21.1. The molecule has 0 fully saturated rings. The molecule has 0 aliphatic carbocycles. The summed E-state index contributed by atoms with van der Waals surface area (Å²) in [5.41, 5.74) is 5.21. The highest BCUT2D eigenvalue weighted by atomic mass is 16.5. The van der Waals surface area contributed by atoms with E-state index < -0.39 is 0 Å². The van der Waals surface area contributed by atoms with Crippen LogP contribution in [0.4, 0.5) is 0 Å². The molecule has 2 nitrogen and oxygen atoms in total. The first kappa shape index (κ1) is 25.5. The molecule has 0 unspecified atom stereocenters. The topological polar surface area (TPSA) is 18.5 Å². The summed E-state index contributed by atoms with van der Waals surface area (Å²) in [5, 5.41) is 0. The van der Waals surface area contributed by atoms with Crippen LogP contribution in [0.1, 0.15) is 78.4 Å². The van der Waals surface area contributed by atoms with E-state index in [2.05, 4.69) is 76.2 Å². The molecule has 3 aromatic carbocycles. The van der Waals surface area contributed by atoms with E-state index in [-0.39, 0.29) is 12.2 Å². The summed E-state index contributed by atoms with van der Waals surface area (Å²) in [6, 6.07) is 25.4. The summed E-state index contributed by atoms with van der Waals surface area (Å²) < 4.78 is 11.2. The second kappa shape index (κ2) is 12.3. The van der Waals surface area contributed by atoms with E-state index in [4.69, 9.17) is 9.47 Å². The zero-order valence-electron chi connectivity index (χ0n) is 21.1. The van der Waals surface area contributed by atoms with Gasteiger partial charge in [-0.05, 0) is 86.1 Å². The van der Waals surface area contributed by atoms with E-state index in [1.54, 1.807) is 0 Å². The van der Waals surface area contributed by atoms with Crippen LogP contribution in [0, 0.1) is 0 Å². The lowest BCUT2D eigenvalue weighted by Crippen LogP contribution is -2.05. The van der Waals surface area contributed by atoms with Gasteiger partial charge in [0.15, 0.2) is 0 Å². The first-order chi connectivity index (χ1) is 15.2. The second-order valence-electron chi connectivity index (χ2n) is 9.36. The van der Waals surface area contributed by atoms with Crippen LogP contribution >= 0.6 is 0 Å². The summed E-state index contributed by atoms with van der Waals surface area (Å²) in [7, 11) is 0. The Bertz CT molecular complexity index is 903. The normalized spacial score (nSPS) is 11.0. The molecule has 0 spiro atoms. The van der Waals surface area contributed by atoms with E-state index in [9.17, 15) is 0 Å². The Hall–Kier alpha value is -2.74. The molecule has 0 saturated heterocycles. The monoisotopic (exact) mass is 432 g/mol. The molecule has 0 radical (unpaired) electrons. The number of hydrogen-bond acceptors (Lipinski definition) is 2. The molecule has 2 heteroatoms. The summed E-state index contributed by atoms with van der Waals surface area (Å²) in [6.45, 7) is 17.0. The van der Waals surface area contributed by atoms with Crippen molar-refractivity contribution in [3.05, 3.63) is 83.9 Å². The zero-order chi connectivity index (χ0) is 23.7. The first-order valence-corrected chi connectivity index (χ1v) is 11.8. The largest absolute Gasteiger partial charge is 0.491 e. The van der Waals surface area contributed by atoms with Crippen molar-refractivity contribution in [2.24, 2.45) is 0 Å². The van der Waals surface area contributed by atoms with Crippen LogP contribution in [-0.4, -0.2) is 12.2 Å². The minimum absolute atomic E-state index is 0.219. The van der Waals surface area contributed by atoms with Gasteiger partial charge >= 0.3 is 0 Å². The molecule has 3 aromatic rings. The Morgan fingerprint density at radius 1 is 0.406 bits per heavy atom. The smallest absolute Gasteiger partial charge is 0.119 e. The fourth-order valence-corrected chi connectivity index (χ4v) is 3.26. The molecular weight excluding hydrogens is 392 g/mol. The minimum atomic E-state index is 0.219. The van der Waals surface area contributed by atoms with Crippen molar-refractivity contribution in [2.45, 2.75) is 79.4 Å².